The minimum atomic E-state index is 0.466. The van der Waals surface area contributed by atoms with E-state index in [1.165, 1.54) is 36.6 Å². The Morgan fingerprint density at radius 3 is 2.37 bits per heavy atom. The van der Waals surface area contributed by atoms with Crippen molar-refractivity contribution in [3.63, 3.8) is 0 Å². The van der Waals surface area contributed by atoms with Crippen molar-refractivity contribution in [2.75, 3.05) is 0 Å². The quantitative estimate of drug-likeness (QED) is 0.441. The number of rotatable bonds is 11. The molecule has 0 fully saturated rings. The molecule has 0 aliphatic rings. The molecule has 0 aromatic heterocycles. The summed E-state index contributed by atoms with van der Waals surface area (Å²) < 4.78 is 1.40. The number of benzene rings is 1. The average Bonchev–Trinajstić information content (AvgIpc) is 2.44. The van der Waals surface area contributed by atoms with E-state index in [0.717, 1.165) is 24.6 Å². The van der Waals surface area contributed by atoms with Crippen LogP contribution in [0.15, 0.2) is 30.3 Å². The summed E-state index contributed by atoms with van der Waals surface area (Å²) in [7, 11) is 0. The van der Waals surface area contributed by atoms with Gasteiger partial charge in [0.2, 0.25) is 0 Å². The fourth-order valence-electron chi connectivity index (χ4n) is 2.03. The van der Waals surface area contributed by atoms with Gasteiger partial charge in [0.05, 0.1) is 0 Å². The molecule has 1 rings (SSSR count). The first-order valence-corrected chi connectivity index (χ1v) is 9.59. The number of carbonyl (C=O) groups is 1. The van der Waals surface area contributed by atoms with Crippen LogP contribution < -0.4 is 4.46 Å². The number of unbranched alkanes of at least 4 members (excludes halogenated alkanes) is 5. The molecule has 0 unspecified atom stereocenters. The molecule has 106 valence electrons. The molecular weight excluding hydrogens is 299 g/mol. The summed E-state index contributed by atoms with van der Waals surface area (Å²) in [6.07, 6.45) is 9.18. The third-order valence-corrected chi connectivity index (χ3v) is 5.33. The normalized spacial score (nSPS) is 10.6. The molecule has 0 saturated heterocycles. The van der Waals surface area contributed by atoms with Crippen molar-refractivity contribution in [3.05, 3.63) is 30.3 Å². The Bertz CT molecular complexity index is 334. The van der Waals surface area contributed by atoms with Crippen LogP contribution in [0.2, 0.25) is 5.32 Å². The van der Waals surface area contributed by atoms with Gasteiger partial charge in [-0.25, -0.2) is 0 Å². The molecule has 0 bridgehead atoms. The van der Waals surface area contributed by atoms with E-state index in [1.807, 2.05) is 6.07 Å². The zero-order valence-corrected chi connectivity index (χ0v) is 13.8. The van der Waals surface area contributed by atoms with Crippen molar-refractivity contribution >= 4 is 25.2 Å². The van der Waals surface area contributed by atoms with E-state index in [9.17, 15) is 4.79 Å². The molecule has 0 amide bonds. The molecular formula is C17H26OSe. The van der Waals surface area contributed by atoms with Crippen molar-refractivity contribution in [2.24, 2.45) is 0 Å². The van der Waals surface area contributed by atoms with Gasteiger partial charge in [-0.1, -0.05) is 0 Å². The second kappa shape index (κ2) is 11.3. The molecule has 0 N–H and O–H groups in total. The number of Topliss-reactive ketones (excluding diaryl/α,β-unsaturated/α-hetero) is 1. The Morgan fingerprint density at radius 2 is 1.63 bits per heavy atom. The first-order chi connectivity index (χ1) is 9.33. The van der Waals surface area contributed by atoms with Gasteiger partial charge in [-0.05, 0) is 0 Å². The first-order valence-electron chi connectivity index (χ1n) is 7.52. The van der Waals surface area contributed by atoms with Gasteiger partial charge in [-0.3, -0.25) is 0 Å². The average molecular weight is 325 g/mol. The molecule has 0 aliphatic heterocycles. The number of hydrogen-bond donors (Lipinski definition) is 0. The summed E-state index contributed by atoms with van der Waals surface area (Å²) in [5.74, 6) is 0.466. The van der Waals surface area contributed by atoms with Crippen molar-refractivity contribution in [2.45, 2.75) is 63.6 Å². The van der Waals surface area contributed by atoms with Crippen molar-refractivity contribution in [1.29, 1.82) is 0 Å². The van der Waals surface area contributed by atoms with E-state index >= 15 is 0 Å². The van der Waals surface area contributed by atoms with Gasteiger partial charge in [0.15, 0.2) is 0 Å². The van der Waals surface area contributed by atoms with E-state index in [0.29, 0.717) is 20.7 Å². The Balaban J connectivity index is 1.96. The number of carbonyl (C=O) groups excluding carboxylic acids is 1. The SMILES string of the molecule is CCCCCCCCC(=O)CC[Se]c1ccccc1. The molecule has 0 saturated carbocycles. The van der Waals surface area contributed by atoms with E-state index in [1.54, 1.807) is 0 Å². The summed E-state index contributed by atoms with van der Waals surface area (Å²) in [6.45, 7) is 2.23. The topological polar surface area (TPSA) is 17.1 Å². The van der Waals surface area contributed by atoms with Crippen LogP contribution in [0.3, 0.4) is 0 Å². The van der Waals surface area contributed by atoms with Crippen molar-refractivity contribution in [1.82, 2.24) is 0 Å². The zero-order valence-electron chi connectivity index (χ0n) is 12.1. The summed E-state index contributed by atoms with van der Waals surface area (Å²) in [6, 6.07) is 10.5. The van der Waals surface area contributed by atoms with Crippen molar-refractivity contribution in [3.8, 4) is 0 Å². The van der Waals surface area contributed by atoms with Gasteiger partial charge in [0, 0.05) is 0 Å². The van der Waals surface area contributed by atoms with Gasteiger partial charge in [0.25, 0.3) is 0 Å². The predicted octanol–water partition coefficient (Wildman–Crippen LogP) is 4.14. The summed E-state index contributed by atoms with van der Waals surface area (Å²) in [4.78, 5) is 11.7. The van der Waals surface area contributed by atoms with E-state index in [-0.39, 0.29) is 0 Å². The summed E-state index contributed by atoms with van der Waals surface area (Å²) in [5.41, 5.74) is 0. The Hall–Kier alpha value is -0.591. The Morgan fingerprint density at radius 1 is 0.947 bits per heavy atom. The Labute approximate surface area is 124 Å². The predicted molar refractivity (Wildman–Crippen MR) is 84.3 cm³/mol. The van der Waals surface area contributed by atoms with Gasteiger partial charge in [0.1, 0.15) is 0 Å². The van der Waals surface area contributed by atoms with Crippen LogP contribution in [0.25, 0.3) is 0 Å². The monoisotopic (exact) mass is 326 g/mol. The van der Waals surface area contributed by atoms with Gasteiger partial charge < -0.3 is 0 Å². The minimum absolute atomic E-state index is 0.466. The van der Waals surface area contributed by atoms with Crippen LogP contribution in [0.5, 0.6) is 0 Å². The van der Waals surface area contributed by atoms with Gasteiger partial charge in [-0.2, -0.15) is 0 Å². The van der Waals surface area contributed by atoms with E-state index in [2.05, 4.69) is 31.2 Å². The second-order valence-corrected chi connectivity index (χ2v) is 7.42. The molecule has 0 aliphatic carbocycles. The molecule has 2 heteroatoms. The van der Waals surface area contributed by atoms with Crippen LogP contribution >= 0.6 is 0 Å². The van der Waals surface area contributed by atoms with Gasteiger partial charge >= 0.3 is 124 Å². The zero-order chi connectivity index (χ0) is 13.8. The molecule has 0 radical (unpaired) electrons. The van der Waals surface area contributed by atoms with Crippen LogP contribution in [0.4, 0.5) is 0 Å². The number of ketones is 1. The summed E-state index contributed by atoms with van der Waals surface area (Å²) >= 11 is 0.470. The third kappa shape index (κ3) is 9.02. The molecule has 1 nitrogen and oxygen atoms in total. The maximum absolute atomic E-state index is 11.7. The second-order valence-electron chi connectivity index (χ2n) is 4.97. The van der Waals surface area contributed by atoms with Crippen molar-refractivity contribution < 1.29 is 4.79 Å². The van der Waals surface area contributed by atoms with Crippen LogP contribution in [-0.4, -0.2) is 20.7 Å². The molecule has 0 spiro atoms. The van der Waals surface area contributed by atoms with E-state index < -0.39 is 0 Å². The Kier molecular flexibility index (Phi) is 9.75. The van der Waals surface area contributed by atoms with Gasteiger partial charge in [-0.15, -0.1) is 0 Å². The van der Waals surface area contributed by atoms with E-state index in [4.69, 9.17) is 0 Å². The fourth-order valence-corrected chi connectivity index (χ4v) is 3.95. The molecule has 0 heterocycles. The maximum atomic E-state index is 11.7. The van der Waals surface area contributed by atoms with Crippen LogP contribution in [0, 0.1) is 0 Å². The first kappa shape index (κ1) is 16.5. The molecule has 1 aromatic carbocycles. The molecule has 1 aromatic rings. The fraction of sp³-hybridized carbons (Fsp3) is 0.588. The number of hydrogen-bond acceptors (Lipinski definition) is 1. The molecule has 0 atom stereocenters. The summed E-state index contributed by atoms with van der Waals surface area (Å²) in [5, 5.41) is 1.06. The third-order valence-electron chi connectivity index (χ3n) is 3.20. The van der Waals surface area contributed by atoms with Crippen LogP contribution in [-0.2, 0) is 4.79 Å². The standard InChI is InChI=1S/C17H26OSe/c1-2-3-4-5-6-8-11-16(18)14-15-19-17-12-9-7-10-13-17/h7,9-10,12-13H,2-6,8,11,14-15H2,1H3. The van der Waals surface area contributed by atoms with Crippen LogP contribution in [0.1, 0.15) is 58.3 Å². The molecule has 19 heavy (non-hydrogen) atoms.